The van der Waals surface area contributed by atoms with Crippen molar-refractivity contribution >= 4 is 11.4 Å². The number of aromatic nitrogens is 1. The zero-order valence-electron chi connectivity index (χ0n) is 17.3. The van der Waals surface area contributed by atoms with Gasteiger partial charge >= 0.3 is 17.1 Å². The Kier molecular flexibility index (Phi) is 13.5. The number of halogens is 2. The maximum atomic E-state index is 4.98. The molecule has 2 saturated carbocycles. The predicted octanol–water partition coefficient (Wildman–Crippen LogP) is -0.321. The van der Waals surface area contributed by atoms with Gasteiger partial charge in [-0.05, 0) is 64.2 Å². The maximum Gasteiger partial charge on any atom is 2.00 e. The number of hydrogen-bond acceptors (Lipinski definition) is 3. The number of aliphatic imine (C=N–C) groups is 2. The third-order valence-corrected chi connectivity index (χ3v) is 5.61. The summed E-state index contributed by atoms with van der Waals surface area (Å²) in [5, 5.41) is 0. The number of rotatable bonds is 4. The van der Waals surface area contributed by atoms with Crippen LogP contribution < -0.4 is 24.8 Å². The van der Waals surface area contributed by atoms with Crippen LogP contribution in [0.5, 0.6) is 0 Å². The molecular weight excluding hydrogens is 433 g/mol. The van der Waals surface area contributed by atoms with Crippen LogP contribution in [0.2, 0.25) is 0 Å². The largest absolute Gasteiger partial charge is 2.00 e. The molecule has 0 saturated heterocycles. The van der Waals surface area contributed by atoms with Crippen LogP contribution in [0.1, 0.15) is 95.0 Å². The van der Waals surface area contributed by atoms with Crippen LogP contribution >= 0.6 is 0 Å². The molecule has 0 N–H and O–H groups in total. The van der Waals surface area contributed by atoms with Gasteiger partial charge in [-0.15, -0.1) is 0 Å². The van der Waals surface area contributed by atoms with Crippen molar-refractivity contribution in [3.8, 4) is 0 Å². The maximum absolute atomic E-state index is 4.98. The summed E-state index contributed by atoms with van der Waals surface area (Å²) >= 11 is 0. The summed E-state index contributed by atoms with van der Waals surface area (Å²) in [6, 6.07) is 5.32. The quantitative estimate of drug-likeness (QED) is 0.443. The first kappa shape index (κ1) is 27.6. The van der Waals surface area contributed by atoms with Crippen LogP contribution in [-0.2, 0) is 17.1 Å². The Morgan fingerprint density at radius 3 is 1.46 bits per heavy atom. The number of nitrogens with zero attached hydrogens (tertiary/aromatic N) is 3. The first-order chi connectivity index (χ1) is 12.1. The van der Waals surface area contributed by atoms with Crippen molar-refractivity contribution in [2.75, 3.05) is 0 Å². The topological polar surface area (TPSA) is 37.6 Å². The Hall–Kier alpha value is -0.411. The molecule has 0 spiro atoms. The summed E-state index contributed by atoms with van der Waals surface area (Å²) in [4.78, 5) is 14.9. The van der Waals surface area contributed by atoms with Crippen molar-refractivity contribution in [3.05, 3.63) is 29.1 Å². The second-order valence-corrected chi connectivity index (χ2v) is 7.93. The molecule has 0 radical (unpaired) electrons. The van der Waals surface area contributed by atoms with Crippen molar-refractivity contribution < 1.29 is 41.9 Å². The molecule has 2 aliphatic carbocycles. The smallest absolute Gasteiger partial charge is 1.00 e. The number of pyridine rings is 1. The van der Waals surface area contributed by atoms with Gasteiger partial charge in [0, 0.05) is 0 Å². The molecule has 0 atom stereocenters. The molecule has 158 valence electrons. The molecule has 3 nitrogen and oxygen atoms in total. The molecular formula is C22H33Cl2FeN3. The van der Waals surface area contributed by atoms with Crippen molar-refractivity contribution in [1.29, 1.82) is 0 Å². The molecule has 1 heterocycles. The molecule has 0 bridgehead atoms. The average molecular weight is 466 g/mol. The van der Waals surface area contributed by atoms with E-state index in [4.69, 9.17) is 15.0 Å². The van der Waals surface area contributed by atoms with E-state index >= 15 is 0 Å². The fourth-order valence-corrected chi connectivity index (χ4v) is 4.14. The average Bonchev–Trinajstić information content (AvgIpc) is 2.63. The molecule has 2 aliphatic rings. The summed E-state index contributed by atoms with van der Waals surface area (Å²) in [6.45, 7) is 6.39. The zero-order valence-corrected chi connectivity index (χ0v) is 19.9. The van der Waals surface area contributed by atoms with Crippen molar-refractivity contribution in [1.82, 2.24) is 4.98 Å². The van der Waals surface area contributed by atoms with Crippen molar-refractivity contribution in [2.45, 2.75) is 97.1 Å². The molecule has 1 aromatic heterocycles. The van der Waals surface area contributed by atoms with E-state index < -0.39 is 0 Å². The minimum absolute atomic E-state index is 0. The van der Waals surface area contributed by atoms with E-state index in [9.17, 15) is 0 Å². The molecule has 6 heteroatoms. The SMILES string of the molecule is CC(=NC1CCCCC1)c1cc(C)cc(C(C)=NC2CCCCC2)n1.[Cl-].[Cl-].[Fe+2]. The fourth-order valence-electron chi connectivity index (χ4n) is 4.14. The Labute approximate surface area is 194 Å². The molecule has 3 rings (SSSR count). The van der Waals surface area contributed by atoms with Crippen LogP contribution in [0.15, 0.2) is 22.1 Å². The van der Waals surface area contributed by atoms with Gasteiger partial charge in [0.1, 0.15) is 0 Å². The van der Waals surface area contributed by atoms with E-state index in [0.29, 0.717) is 12.1 Å². The summed E-state index contributed by atoms with van der Waals surface area (Å²) in [6.07, 6.45) is 13.0. The predicted molar refractivity (Wildman–Crippen MR) is 107 cm³/mol. The van der Waals surface area contributed by atoms with Crippen LogP contribution in [0.4, 0.5) is 0 Å². The van der Waals surface area contributed by atoms with Crippen LogP contribution in [-0.4, -0.2) is 28.5 Å². The standard InChI is InChI=1S/C22H33N3.2ClH.Fe/c1-16-14-21(17(2)23-19-10-6-4-7-11-19)25-22(15-16)18(3)24-20-12-8-5-9-13-20;;;/h14-15,19-20H,4-13H2,1-3H3;2*1H;/q;;;+2/p-2. The summed E-state index contributed by atoms with van der Waals surface area (Å²) in [5.41, 5.74) is 5.47. The molecule has 1 aromatic rings. The van der Waals surface area contributed by atoms with E-state index in [-0.39, 0.29) is 41.9 Å². The summed E-state index contributed by atoms with van der Waals surface area (Å²) in [7, 11) is 0. The Balaban J connectivity index is 0.00000243. The Morgan fingerprint density at radius 2 is 1.11 bits per heavy atom. The molecule has 0 aliphatic heterocycles. The van der Waals surface area contributed by atoms with Gasteiger partial charge in [-0.3, -0.25) is 9.98 Å². The van der Waals surface area contributed by atoms with Gasteiger partial charge in [0.15, 0.2) is 0 Å². The molecule has 2 fully saturated rings. The van der Waals surface area contributed by atoms with Gasteiger partial charge in [-0.1, -0.05) is 38.5 Å². The minimum Gasteiger partial charge on any atom is -1.00 e. The number of hydrogen-bond donors (Lipinski definition) is 0. The Bertz CT molecular complexity index is 597. The van der Waals surface area contributed by atoms with Gasteiger partial charge < -0.3 is 24.8 Å². The van der Waals surface area contributed by atoms with E-state index in [1.165, 1.54) is 69.8 Å². The summed E-state index contributed by atoms with van der Waals surface area (Å²) < 4.78 is 0. The fraction of sp³-hybridized carbons (Fsp3) is 0.682. The van der Waals surface area contributed by atoms with E-state index in [0.717, 1.165) is 22.8 Å². The first-order valence-corrected chi connectivity index (χ1v) is 10.2. The minimum atomic E-state index is 0. The number of aryl methyl sites for hydroxylation is 1. The van der Waals surface area contributed by atoms with Crippen LogP contribution in [0.25, 0.3) is 0 Å². The van der Waals surface area contributed by atoms with Crippen LogP contribution in [0.3, 0.4) is 0 Å². The second kappa shape index (κ2) is 13.7. The first-order valence-electron chi connectivity index (χ1n) is 10.2. The second-order valence-electron chi connectivity index (χ2n) is 7.93. The summed E-state index contributed by atoms with van der Waals surface area (Å²) in [5.74, 6) is 0. The van der Waals surface area contributed by atoms with Gasteiger partial charge in [0.05, 0.1) is 34.9 Å². The zero-order chi connectivity index (χ0) is 17.6. The van der Waals surface area contributed by atoms with Gasteiger partial charge in [0.2, 0.25) is 0 Å². The monoisotopic (exact) mass is 465 g/mol. The van der Waals surface area contributed by atoms with Gasteiger partial charge in [-0.2, -0.15) is 0 Å². The molecule has 0 unspecified atom stereocenters. The third kappa shape index (κ3) is 8.14. The van der Waals surface area contributed by atoms with Gasteiger partial charge in [-0.25, -0.2) is 4.98 Å². The Morgan fingerprint density at radius 1 is 0.750 bits per heavy atom. The molecule has 0 amide bonds. The van der Waals surface area contributed by atoms with E-state index in [2.05, 4.69) is 32.9 Å². The third-order valence-electron chi connectivity index (χ3n) is 5.61. The molecule has 0 aromatic carbocycles. The van der Waals surface area contributed by atoms with E-state index in [1.807, 2.05) is 0 Å². The van der Waals surface area contributed by atoms with Crippen LogP contribution in [0, 0.1) is 6.92 Å². The normalized spacial score (nSPS) is 19.2. The van der Waals surface area contributed by atoms with Gasteiger partial charge in [0.25, 0.3) is 0 Å². The molecule has 28 heavy (non-hydrogen) atoms. The van der Waals surface area contributed by atoms with E-state index in [1.54, 1.807) is 0 Å². The van der Waals surface area contributed by atoms with Crippen molar-refractivity contribution in [3.63, 3.8) is 0 Å². The van der Waals surface area contributed by atoms with Crippen molar-refractivity contribution in [2.24, 2.45) is 9.98 Å².